The van der Waals surface area contributed by atoms with Crippen molar-refractivity contribution in [1.82, 2.24) is 14.9 Å². The van der Waals surface area contributed by atoms with Crippen molar-refractivity contribution in [3.8, 4) is 11.8 Å². The largest absolute Gasteiger partial charge is 0.478 e. The van der Waals surface area contributed by atoms with E-state index < -0.39 is 11.4 Å². The summed E-state index contributed by atoms with van der Waals surface area (Å²) in [6.07, 6.45) is 2.49. The number of halogens is 2. The number of carbonyl (C=O) groups excluding carboxylic acids is 1. The quantitative estimate of drug-likeness (QED) is 0.798. The van der Waals surface area contributed by atoms with Crippen molar-refractivity contribution in [2.24, 2.45) is 0 Å². The van der Waals surface area contributed by atoms with E-state index >= 15 is 0 Å². The highest BCUT2D eigenvalue weighted by molar-refractivity contribution is 6.30. The predicted octanol–water partition coefficient (Wildman–Crippen LogP) is 3.11. The van der Waals surface area contributed by atoms with Crippen LogP contribution in [0.4, 0.5) is 4.39 Å². The molecule has 2 aromatic rings. The minimum absolute atomic E-state index is 0.0994. The van der Waals surface area contributed by atoms with Gasteiger partial charge in [-0.25, -0.2) is 14.4 Å². The first-order valence-electron chi connectivity index (χ1n) is 8.22. The van der Waals surface area contributed by atoms with Crippen molar-refractivity contribution in [3.63, 3.8) is 0 Å². The number of aromatic nitrogens is 2. The Bertz CT molecular complexity index is 768. The van der Waals surface area contributed by atoms with Gasteiger partial charge in [0.05, 0.1) is 18.9 Å². The van der Waals surface area contributed by atoms with Crippen LogP contribution >= 0.6 is 11.6 Å². The maximum absolute atomic E-state index is 12.8. The molecule has 1 aliphatic rings. The Morgan fingerprint density at radius 1 is 1.27 bits per heavy atom. The summed E-state index contributed by atoms with van der Waals surface area (Å²) in [5.41, 5.74) is -1.03. The normalized spacial score (nSPS) is 17.2. The van der Waals surface area contributed by atoms with Gasteiger partial charge < -0.3 is 14.4 Å². The molecule has 1 aliphatic heterocycles. The van der Waals surface area contributed by atoms with E-state index in [1.807, 2.05) is 0 Å². The molecule has 6 nitrogen and oxygen atoms in total. The van der Waals surface area contributed by atoms with Gasteiger partial charge in [0, 0.05) is 18.0 Å². The van der Waals surface area contributed by atoms with E-state index in [0.29, 0.717) is 30.3 Å². The van der Waals surface area contributed by atoms with Crippen molar-refractivity contribution in [2.75, 3.05) is 13.1 Å². The molecule has 138 valence electrons. The van der Waals surface area contributed by atoms with Crippen LogP contribution in [0.5, 0.6) is 11.8 Å². The first-order chi connectivity index (χ1) is 12.3. The third kappa shape index (κ3) is 4.40. The number of benzene rings is 1. The van der Waals surface area contributed by atoms with Crippen LogP contribution < -0.4 is 9.47 Å². The summed E-state index contributed by atoms with van der Waals surface area (Å²) in [6.45, 7) is 4.38. The molecule has 1 saturated heterocycles. The van der Waals surface area contributed by atoms with Crippen LogP contribution in [-0.2, 0) is 4.79 Å². The maximum atomic E-state index is 12.8. The van der Waals surface area contributed by atoms with Crippen LogP contribution in [0.2, 0.25) is 5.02 Å². The molecule has 0 saturated carbocycles. The van der Waals surface area contributed by atoms with Crippen LogP contribution in [0.15, 0.2) is 36.7 Å². The smallest absolute Gasteiger partial charge is 0.316 e. The summed E-state index contributed by atoms with van der Waals surface area (Å²) in [5.74, 6) is -0.0975. The molecular formula is C18H19ClFN3O3. The van der Waals surface area contributed by atoms with Gasteiger partial charge in [0.2, 0.25) is 0 Å². The second-order valence-electron chi connectivity index (χ2n) is 6.53. The van der Waals surface area contributed by atoms with Gasteiger partial charge in [-0.15, -0.1) is 0 Å². The first kappa shape index (κ1) is 18.4. The second kappa shape index (κ2) is 7.45. The third-order valence-electron chi connectivity index (χ3n) is 4.00. The monoisotopic (exact) mass is 379 g/mol. The zero-order valence-corrected chi connectivity index (χ0v) is 15.2. The molecule has 1 fully saturated rings. The second-order valence-corrected chi connectivity index (χ2v) is 6.97. The first-order valence-corrected chi connectivity index (χ1v) is 8.59. The minimum atomic E-state index is -1.03. The molecule has 0 radical (unpaired) electrons. The van der Waals surface area contributed by atoms with E-state index in [1.165, 1.54) is 0 Å². The topological polar surface area (TPSA) is 64.5 Å². The lowest BCUT2D eigenvalue weighted by Gasteiger charge is -2.30. The van der Waals surface area contributed by atoms with Gasteiger partial charge >= 0.3 is 6.01 Å². The molecular weight excluding hydrogens is 361 g/mol. The Morgan fingerprint density at radius 3 is 2.58 bits per heavy atom. The van der Waals surface area contributed by atoms with E-state index in [2.05, 4.69) is 9.97 Å². The molecule has 0 aliphatic carbocycles. The lowest BCUT2D eigenvalue weighted by molar-refractivity contribution is -0.144. The van der Waals surface area contributed by atoms with Crippen molar-refractivity contribution in [3.05, 3.63) is 47.5 Å². The van der Waals surface area contributed by atoms with Crippen LogP contribution in [0.25, 0.3) is 0 Å². The average molecular weight is 380 g/mol. The summed E-state index contributed by atoms with van der Waals surface area (Å²) < 4.78 is 24.3. The van der Waals surface area contributed by atoms with Crippen LogP contribution in [-0.4, -0.2) is 45.6 Å². The highest BCUT2D eigenvalue weighted by atomic mass is 35.5. The molecule has 0 N–H and O–H groups in total. The van der Waals surface area contributed by atoms with Gasteiger partial charge in [-0.1, -0.05) is 11.6 Å². The van der Waals surface area contributed by atoms with Crippen molar-refractivity contribution >= 4 is 17.5 Å². The number of rotatable bonds is 5. The Morgan fingerprint density at radius 2 is 1.92 bits per heavy atom. The fourth-order valence-electron chi connectivity index (χ4n) is 2.74. The van der Waals surface area contributed by atoms with Gasteiger partial charge in [-0.3, -0.25) is 4.79 Å². The molecule has 1 atom stereocenters. The van der Waals surface area contributed by atoms with Crippen molar-refractivity contribution < 1.29 is 18.7 Å². The minimum Gasteiger partial charge on any atom is -0.478 e. The van der Waals surface area contributed by atoms with Gasteiger partial charge in [0.15, 0.2) is 11.4 Å². The molecule has 3 rings (SSSR count). The van der Waals surface area contributed by atoms with E-state index in [4.69, 9.17) is 21.1 Å². The summed E-state index contributed by atoms with van der Waals surface area (Å²) in [4.78, 5) is 22.1. The number of hydrogen-bond acceptors (Lipinski definition) is 5. The number of amides is 1. The van der Waals surface area contributed by atoms with Crippen molar-refractivity contribution in [2.45, 2.75) is 32.0 Å². The van der Waals surface area contributed by atoms with E-state index in [1.54, 1.807) is 43.0 Å². The predicted molar refractivity (Wildman–Crippen MR) is 93.8 cm³/mol. The fraction of sp³-hybridized carbons (Fsp3) is 0.389. The summed E-state index contributed by atoms with van der Waals surface area (Å²) in [5, 5.41) is 0.601. The summed E-state index contributed by atoms with van der Waals surface area (Å²) in [7, 11) is 0. The fourth-order valence-corrected chi connectivity index (χ4v) is 2.87. The number of ether oxygens (including phenoxy) is 2. The number of hydrogen-bond donors (Lipinski definition) is 0. The van der Waals surface area contributed by atoms with Crippen molar-refractivity contribution in [1.29, 1.82) is 0 Å². The lowest BCUT2D eigenvalue weighted by Crippen LogP contribution is -2.48. The van der Waals surface area contributed by atoms with Crippen LogP contribution in [0, 0.1) is 5.82 Å². The molecule has 0 spiro atoms. The average Bonchev–Trinajstić information content (AvgIpc) is 3.06. The van der Waals surface area contributed by atoms with Gasteiger partial charge in [0.1, 0.15) is 11.9 Å². The number of carbonyl (C=O) groups is 1. The van der Waals surface area contributed by atoms with Gasteiger partial charge in [0.25, 0.3) is 5.91 Å². The zero-order chi connectivity index (χ0) is 18.7. The summed E-state index contributed by atoms with van der Waals surface area (Å²) in [6, 6.07) is 6.96. The zero-order valence-electron chi connectivity index (χ0n) is 14.5. The molecule has 1 aromatic carbocycles. The molecule has 1 amide bonds. The highest BCUT2D eigenvalue weighted by Gasteiger charge is 2.38. The van der Waals surface area contributed by atoms with E-state index in [-0.39, 0.29) is 18.0 Å². The standard InChI is InChI=1S/C18H19ClFN3O3/c1-18(2,26-14-5-3-12(19)4-6-14)16(24)23-8-7-15(11-23)25-17-21-9-13(20)10-22-17/h3-6,9-10,15H,7-8,11H2,1-2H3/t15-/m1/s1. The SMILES string of the molecule is CC(C)(Oc1ccc(Cl)cc1)C(=O)N1CC[C@@H](Oc2ncc(F)cn2)C1. The van der Waals surface area contributed by atoms with Crippen LogP contribution in [0.1, 0.15) is 20.3 Å². The highest BCUT2D eigenvalue weighted by Crippen LogP contribution is 2.24. The van der Waals surface area contributed by atoms with Gasteiger partial charge in [-0.05, 0) is 38.1 Å². The molecule has 26 heavy (non-hydrogen) atoms. The molecule has 0 unspecified atom stereocenters. The lowest BCUT2D eigenvalue weighted by atomic mass is 10.1. The Kier molecular flexibility index (Phi) is 5.27. The molecule has 0 bridgehead atoms. The van der Waals surface area contributed by atoms with Crippen LogP contribution in [0.3, 0.4) is 0 Å². The Hall–Kier alpha value is -2.41. The Labute approximate surface area is 155 Å². The van der Waals surface area contributed by atoms with E-state index in [9.17, 15) is 9.18 Å². The van der Waals surface area contributed by atoms with E-state index in [0.717, 1.165) is 12.4 Å². The molecule has 1 aromatic heterocycles. The molecule has 8 heteroatoms. The molecule has 2 heterocycles. The number of nitrogens with zero attached hydrogens (tertiary/aromatic N) is 3. The maximum Gasteiger partial charge on any atom is 0.316 e. The number of likely N-dealkylation sites (tertiary alicyclic amines) is 1. The van der Waals surface area contributed by atoms with Gasteiger partial charge in [-0.2, -0.15) is 0 Å². The summed E-state index contributed by atoms with van der Waals surface area (Å²) >= 11 is 5.86. The third-order valence-corrected chi connectivity index (χ3v) is 4.25. The Balaban J connectivity index is 1.59.